The van der Waals surface area contributed by atoms with Gasteiger partial charge in [-0.25, -0.2) is 0 Å². The number of nitrogens with zero attached hydrogens (tertiary/aromatic N) is 3. The fraction of sp³-hybridized carbons (Fsp3) is 0.250. The number of nitriles is 1. The van der Waals surface area contributed by atoms with Gasteiger partial charge in [-0.3, -0.25) is 0 Å². The molecule has 0 radical (unpaired) electrons. The molecule has 5 nitrogen and oxygen atoms in total. The van der Waals surface area contributed by atoms with Crippen LogP contribution in [0.2, 0.25) is 0 Å². The van der Waals surface area contributed by atoms with Gasteiger partial charge < -0.3 is 9.15 Å². The molecule has 2 aromatic carbocycles. The van der Waals surface area contributed by atoms with Crippen molar-refractivity contribution in [3.63, 3.8) is 0 Å². The molecule has 0 aliphatic carbocycles. The van der Waals surface area contributed by atoms with E-state index < -0.39 is 0 Å². The fourth-order valence-corrected chi connectivity index (χ4v) is 3.08. The van der Waals surface area contributed by atoms with E-state index in [9.17, 15) is 0 Å². The van der Waals surface area contributed by atoms with Gasteiger partial charge in [0.25, 0.3) is 5.22 Å². The highest BCUT2D eigenvalue weighted by Crippen LogP contribution is 2.22. The first-order valence-corrected chi connectivity index (χ1v) is 9.36. The van der Waals surface area contributed by atoms with Gasteiger partial charge in [-0.2, -0.15) is 5.26 Å². The third-order valence-corrected chi connectivity index (χ3v) is 4.62. The molecule has 0 saturated heterocycles. The van der Waals surface area contributed by atoms with Crippen molar-refractivity contribution < 1.29 is 9.15 Å². The number of benzene rings is 2. The lowest BCUT2D eigenvalue weighted by Crippen LogP contribution is -2.00. The van der Waals surface area contributed by atoms with E-state index in [2.05, 4.69) is 35.3 Å². The van der Waals surface area contributed by atoms with E-state index in [1.54, 1.807) is 18.2 Å². The van der Waals surface area contributed by atoms with Crippen LogP contribution in [0.4, 0.5) is 0 Å². The molecule has 1 aromatic heterocycles. The molecule has 132 valence electrons. The van der Waals surface area contributed by atoms with Crippen molar-refractivity contribution in [2.45, 2.75) is 24.5 Å². The first-order valence-electron chi connectivity index (χ1n) is 8.37. The van der Waals surface area contributed by atoms with Crippen LogP contribution < -0.4 is 4.74 Å². The van der Waals surface area contributed by atoms with Gasteiger partial charge in [0.15, 0.2) is 0 Å². The minimum absolute atomic E-state index is 0.324. The Morgan fingerprint density at radius 2 is 2.00 bits per heavy atom. The van der Waals surface area contributed by atoms with E-state index in [1.807, 2.05) is 24.3 Å². The molecule has 0 amide bonds. The summed E-state index contributed by atoms with van der Waals surface area (Å²) in [6.45, 7) is 2.65. The van der Waals surface area contributed by atoms with Crippen LogP contribution in [0.15, 0.2) is 64.2 Å². The lowest BCUT2D eigenvalue weighted by atomic mass is 9.98. The van der Waals surface area contributed by atoms with Crippen LogP contribution in [-0.2, 0) is 6.42 Å². The normalized spacial score (nSPS) is 11.7. The molecular formula is C20H19N3O2S. The molecule has 1 unspecified atom stereocenters. The van der Waals surface area contributed by atoms with E-state index in [1.165, 1.54) is 17.3 Å². The maximum absolute atomic E-state index is 8.88. The van der Waals surface area contributed by atoms with Gasteiger partial charge in [0.05, 0.1) is 18.2 Å². The summed E-state index contributed by atoms with van der Waals surface area (Å²) in [6, 6.07) is 19.5. The lowest BCUT2D eigenvalue weighted by molar-refractivity contribution is 0.342. The topological polar surface area (TPSA) is 71.9 Å². The summed E-state index contributed by atoms with van der Waals surface area (Å²) in [7, 11) is 0. The Labute approximate surface area is 157 Å². The highest BCUT2D eigenvalue weighted by molar-refractivity contribution is 7.99. The highest BCUT2D eigenvalue weighted by Gasteiger charge is 2.12. The average Bonchev–Trinajstić information content (AvgIpc) is 3.13. The van der Waals surface area contributed by atoms with Crippen molar-refractivity contribution >= 4 is 11.8 Å². The van der Waals surface area contributed by atoms with Gasteiger partial charge in [0, 0.05) is 12.2 Å². The van der Waals surface area contributed by atoms with Crippen molar-refractivity contribution in [3.8, 4) is 11.8 Å². The number of hydrogen-bond donors (Lipinski definition) is 0. The summed E-state index contributed by atoms with van der Waals surface area (Å²) in [5.74, 6) is 2.34. The summed E-state index contributed by atoms with van der Waals surface area (Å²) in [4.78, 5) is 0. The molecule has 0 aliphatic rings. The van der Waals surface area contributed by atoms with Crippen molar-refractivity contribution in [1.82, 2.24) is 10.2 Å². The number of aromatic nitrogens is 2. The van der Waals surface area contributed by atoms with Crippen LogP contribution >= 0.6 is 11.8 Å². The second-order valence-corrected chi connectivity index (χ2v) is 6.86. The van der Waals surface area contributed by atoms with Crippen LogP contribution in [0.25, 0.3) is 0 Å². The van der Waals surface area contributed by atoms with Gasteiger partial charge in [0.2, 0.25) is 5.89 Å². The third kappa shape index (κ3) is 5.11. The quantitative estimate of drug-likeness (QED) is 0.433. The summed E-state index contributed by atoms with van der Waals surface area (Å²) in [5.41, 5.74) is 1.84. The maximum atomic E-state index is 8.88. The highest BCUT2D eigenvalue weighted by atomic mass is 32.2. The summed E-state index contributed by atoms with van der Waals surface area (Å²) < 4.78 is 11.3. The summed E-state index contributed by atoms with van der Waals surface area (Å²) >= 11 is 1.46. The minimum Gasteiger partial charge on any atom is -0.493 e. The van der Waals surface area contributed by atoms with E-state index in [-0.39, 0.29) is 0 Å². The molecule has 26 heavy (non-hydrogen) atoms. The Hall–Kier alpha value is -2.78. The standard InChI is InChI=1S/C20H19N3O2S/c1-15(17-7-3-2-4-8-17)12-19-22-23-20(25-19)26-11-10-24-18-9-5-6-16(13-18)14-21/h2-9,13,15H,10-12H2,1H3. The van der Waals surface area contributed by atoms with Crippen molar-refractivity contribution in [1.29, 1.82) is 5.26 Å². The molecule has 3 aromatic rings. The van der Waals surface area contributed by atoms with Crippen molar-refractivity contribution in [2.75, 3.05) is 12.4 Å². The van der Waals surface area contributed by atoms with E-state index in [0.29, 0.717) is 40.7 Å². The van der Waals surface area contributed by atoms with Crippen molar-refractivity contribution in [3.05, 3.63) is 71.6 Å². The van der Waals surface area contributed by atoms with Gasteiger partial charge in [-0.1, -0.05) is 55.1 Å². The second kappa shape index (κ2) is 9.07. The monoisotopic (exact) mass is 365 g/mol. The van der Waals surface area contributed by atoms with Crippen LogP contribution in [0.3, 0.4) is 0 Å². The third-order valence-electron chi connectivity index (χ3n) is 3.84. The first kappa shape index (κ1) is 18.0. The van der Waals surface area contributed by atoms with Crippen LogP contribution in [0.5, 0.6) is 5.75 Å². The lowest BCUT2D eigenvalue weighted by Gasteiger charge is -2.08. The Morgan fingerprint density at radius 1 is 1.15 bits per heavy atom. The van der Waals surface area contributed by atoms with Crippen LogP contribution in [0.1, 0.15) is 29.9 Å². The molecule has 0 fully saturated rings. The Kier molecular flexibility index (Phi) is 6.29. The molecule has 0 aliphatic heterocycles. The maximum Gasteiger partial charge on any atom is 0.276 e. The molecular weight excluding hydrogens is 346 g/mol. The Bertz CT molecular complexity index is 874. The largest absolute Gasteiger partial charge is 0.493 e. The van der Waals surface area contributed by atoms with E-state index in [0.717, 1.165) is 6.42 Å². The zero-order valence-corrected chi connectivity index (χ0v) is 15.3. The average molecular weight is 365 g/mol. The fourth-order valence-electron chi connectivity index (χ4n) is 2.48. The van der Waals surface area contributed by atoms with E-state index >= 15 is 0 Å². The first-order chi connectivity index (χ1) is 12.7. The Balaban J connectivity index is 1.44. The summed E-state index contributed by atoms with van der Waals surface area (Å²) in [6.07, 6.45) is 0.717. The number of thioether (sulfide) groups is 1. The van der Waals surface area contributed by atoms with Gasteiger partial charge in [-0.05, 0) is 29.7 Å². The van der Waals surface area contributed by atoms with Crippen molar-refractivity contribution in [2.24, 2.45) is 0 Å². The molecule has 1 atom stereocenters. The van der Waals surface area contributed by atoms with Crippen LogP contribution in [0, 0.1) is 11.3 Å². The minimum atomic E-state index is 0.324. The molecule has 0 spiro atoms. The molecule has 1 heterocycles. The smallest absolute Gasteiger partial charge is 0.276 e. The second-order valence-electron chi connectivity index (χ2n) is 5.81. The van der Waals surface area contributed by atoms with Crippen LogP contribution in [-0.4, -0.2) is 22.6 Å². The van der Waals surface area contributed by atoms with Gasteiger partial charge in [-0.15, -0.1) is 10.2 Å². The molecule has 0 N–H and O–H groups in total. The van der Waals surface area contributed by atoms with Gasteiger partial charge >= 0.3 is 0 Å². The number of hydrogen-bond acceptors (Lipinski definition) is 6. The molecule has 0 saturated carbocycles. The zero-order chi connectivity index (χ0) is 18.2. The van der Waals surface area contributed by atoms with Gasteiger partial charge in [0.1, 0.15) is 5.75 Å². The summed E-state index contributed by atoms with van der Waals surface area (Å²) in [5, 5.41) is 17.6. The molecule has 6 heteroatoms. The molecule has 0 bridgehead atoms. The SMILES string of the molecule is CC(Cc1nnc(SCCOc2cccc(C#N)c2)o1)c1ccccc1. The van der Waals surface area contributed by atoms with E-state index in [4.69, 9.17) is 14.4 Å². The number of rotatable bonds is 8. The number of ether oxygens (including phenoxy) is 1. The molecule has 3 rings (SSSR count). The predicted octanol–water partition coefficient (Wildman–Crippen LogP) is 4.46. The Morgan fingerprint density at radius 3 is 2.81 bits per heavy atom. The zero-order valence-electron chi connectivity index (χ0n) is 14.5. The predicted molar refractivity (Wildman–Crippen MR) is 100 cm³/mol.